The first-order valence-electron chi connectivity index (χ1n) is 3.63. The van der Waals surface area contributed by atoms with Gasteiger partial charge in [-0.25, -0.2) is 0 Å². The molecule has 0 fully saturated rings. The topological polar surface area (TPSA) is 24.7 Å². The summed E-state index contributed by atoms with van der Waals surface area (Å²) in [6.45, 7) is 0. The standard InChI is InChI=1S/C9H6N2/c1-2-5-9-7(3-1)10-6-4-8(9)11-9/h1-6H. The molecule has 0 radical (unpaired) electrons. The summed E-state index contributed by atoms with van der Waals surface area (Å²) in [5.41, 5.74) is 2.07. The van der Waals surface area contributed by atoms with Crippen LogP contribution in [0.15, 0.2) is 46.6 Å². The summed E-state index contributed by atoms with van der Waals surface area (Å²) in [6, 6.07) is 0. The van der Waals surface area contributed by atoms with E-state index in [-0.39, 0.29) is 5.54 Å². The van der Waals surface area contributed by atoms with E-state index in [2.05, 4.69) is 16.1 Å². The zero-order chi connectivity index (χ0) is 7.31. The number of rotatable bonds is 0. The van der Waals surface area contributed by atoms with Crippen LogP contribution in [0.1, 0.15) is 0 Å². The smallest absolute Gasteiger partial charge is 0.163 e. The minimum Gasteiger partial charge on any atom is -0.263 e. The van der Waals surface area contributed by atoms with Gasteiger partial charge in [-0.15, -0.1) is 0 Å². The van der Waals surface area contributed by atoms with Crippen LogP contribution in [0.5, 0.6) is 0 Å². The number of allylic oxidation sites excluding steroid dienone is 2. The molecule has 1 atom stereocenters. The van der Waals surface area contributed by atoms with Crippen molar-refractivity contribution in [2.75, 3.05) is 0 Å². The van der Waals surface area contributed by atoms with E-state index in [0.717, 1.165) is 11.4 Å². The van der Waals surface area contributed by atoms with E-state index in [4.69, 9.17) is 0 Å². The molecular formula is C9H6N2. The molecule has 2 heteroatoms. The zero-order valence-corrected chi connectivity index (χ0v) is 5.86. The Hall–Kier alpha value is -1.44. The molecule has 0 amide bonds. The summed E-state index contributed by atoms with van der Waals surface area (Å²) < 4.78 is 0. The van der Waals surface area contributed by atoms with Gasteiger partial charge in [0.05, 0.1) is 11.4 Å². The quantitative estimate of drug-likeness (QED) is 0.486. The first kappa shape index (κ1) is 5.24. The second-order valence-corrected chi connectivity index (χ2v) is 2.81. The van der Waals surface area contributed by atoms with Crippen molar-refractivity contribution in [3.05, 3.63) is 36.6 Å². The highest BCUT2D eigenvalue weighted by Crippen LogP contribution is 2.36. The van der Waals surface area contributed by atoms with Gasteiger partial charge in [-0.3, -0.25) is 9.98 Å². The molecule has 0 bridgehead atoms. The van der Waals surface area contributed by atoms with Crippen molar-refractivity contribution >= 4 is 11.4 Å². The van der Waals surface area contributed by atoms with Gasteiger partial charge in [-0.05, 0) is 18.2 Å². The number of hydrogen-bond donors (Lipinski definition) is 0. The Bertz CT molecular complexity index is 369. The molecular weight excluding hydrogens is 136 g/mol. The van der Waals surface area contributed by atoms with Crippen molar-refractivity contribution in [2.45, 2.75) is 5.54 Å². The number of nitrogens with zero attached hydrogens (tertiary/aromatic N) is 2. The van der Waals surface area contributed by atoms with Crippen molar-refractivity contribution in [1.29, 1.82) is 0 Å². The minimum atomic E-state index is -0.122. The third-order valence-electron chi connectivity index (χ3n) is 2.18. The van der Waals surface area contributed by atoms with E-state index in [1.807, 2.05) is 30.5 Å². The van der Waals surface area contributed by atoms with Crippen molar-refractivity contribution in [3.8, 4) is 0 Å². The van der Waals surface area contributed by atoms with Gasteiger partial charge in [0, 0.05) is 6.20 Å². The van der Waals surface area contributed by atoms with Crippen LogP contribution in [0.3, 0.4) is 0 Å². The first-order chi connectivity index (χ1) is 5.42. The van der Waals surface area contributed by atoms with E-state index in [1.54, 1.807) is 0 Å². The summed E-state index contributed by atoms with van der Waals surface area (Å²) in [5, 5.41) is 0. The van der Waals surface area contributed by atoms with Gasteiger partial charge in [0.1, 0.15) is 0 Å². The van der Waals surface area contributed by atoms with Crippen LogP contribution in [-0.4, -0.2) is 17.0 Å². The molecule has 0 saturated heterocycles. The summed E-state index contributed by atoms with van der Waals surface area (Å²) in [6.07, 6.45) is 11.9. The lowest BCUT2D eigenvalue weighted by atomic mass is 9.91. The maximum Gasteiger partial charge on any atom is 0.163 e. The van der Waals surface area contributed by atoms with Gasteiger partial charge in [0.25, 0.3) is 0 Å². The van der Waals surface area contributed by atoms with Crippen LogP contribution in [0.25, 0.3) is 0 Å². The fourth-order valence-electron chi connectivity index (χ4n) is 1.52. The molecule has 0 saturated carbocycles. The number of aliphatic imine (C=N–C) groups is 2. The van der Waals surface area contributed by atoms with E-state index >= 15 is 0 Å². The van der Waals surface area contributed by atoms with Crippen molar-refractivity contribution in [2.24, 2.45) is 9.98 Å². The highest BCUT2D eigenvalue weighted by Gasteiger charge is 2.48. The summed E-state index contributed by atoms with van der Waals surface area (Å²) in [7, 11) is 0. The lowest BCUT2D eigenvalue weighted by Crippen LogP contribution is -2.28. The maximum absolute atomic E-state index is 4.37. The molecule has 2 nitrogen and oxygen atoms in total. The molecule has 1 spiro atoms. The van der Waals surface area contributed by atoms with E-state index in [1.165, 1.54) is 0 Å². The SMILES string of the molecule is C1=CC2=NC=CC3=NC23C=C1. The Labute approximate surface area is 64.4 Å². The van der Waals surface area contributed by atoms with Gasteiger partial charge < -0.3 is 0 Å². The molecule has 3 rings (SSSR count). The van der Waals surface area contributed by atoms with Gasteiger partial charge in [0.2, 0.25) is 0 Å². The lowest BCUT2D eigenvalue weighted by Gasteiger charge is -2.14. The van der Waals surface area contributed by atoms with Crippen LogP contribution < -0.4 is 0 Å². The molecule has 1 unspecified atom stereocenters. The summed E-state index contributed by atoms with van der Waals surface area (Å²) in [5.74, 6) is 0. The van der Waals surface area contributed by atoms with E-state index in [0.29, 0.717) is 0 Å². The van der Waals surface area contributed by atoms with E-state index in [9.17, 15) is 0 Å². The van der Waals surface area contributed by atoms with Crippen LogP contribution in [0.4, 0.5) is 0 Å². The molecule has 2 aliphatic heterocycles. The molecule has 3 aliphatic rings. The Morgan fingerprint density at radius 1 is 1.09 bits per heavy atom. The van der Waals surface area contributed by atoms with Crippen molar-refractivity contribution in [1.82, 2.24) is 0 Å². The van der Waals surface area contributed by atoms with Crippen LogP contribution in [-0.2, 0) is 0 Å². The van der Waals surface area contributed by atoms with Crippen molar-refractivity contribution in [3.63, 3.8) is 0 Å². The molecule has 0 aromatic heterocycles. The predicted octanol–water partition coefficient (Wildman–Crippen LogP) is 1.27. The van der Waals surface area contributed by atoms with Crippen LogP contribution >= 0.6 is 0 Å². The largest absolute Gasteiger partial charge is 0.263 e. The van der Waals surface area contributed by atoms with Crippen LogP contribution in [0.2, 0.25) is 0 Å². The van der Waals surface area contributed by atoms with Gasteiger partial charge in [-0.1, -0.05) is 12.2 Å². The molecule has 1 aliphatic carbocycles. The minimum absolute atomic E-state index is 0.122. The monoisotopic (exact) mass is 142 g/mol. The van der Waals surface area contributed by atoms with Gasteiger partial charge >= 0.3 is 0 Å². The summed E-state index contributed by atoms with van der Waals surface area (Å²) >= 11 is 0. The zero-order valence-electron chi connectivity index (χ0n) is 5.86. The van der Waals surface area contributed by atoms with Crippen molar-refractivity contribution < 1.29 is 0 Å². The van der Waals surface area contributed by atoms with Crippen LogP contribution in [0, 0.1) is 0 Å². The second-order valence-electron chi connectivity index (χ2n) is 2.81. The number of hydrogen-bond acceptors (Lipinski definition) is 2. The van der Waals surface area contributed by atoms with E-state index < -0.39 is 0 Å². The normalized spacial score (nSPS) is 35.6. The first-order valence-corrected chi connectivity index (χ1v) is 3.63. The molecule has 11 heavy (non-hydrogen) atoms. The Morgan fingerprint density at radius 3 is 3.00 bits per heavy atom. The average molecular weight is 142 g/mol. The Balaban J connectivity index is 2.20. The highest BCUT2D eigenvalue weighted by atomic mass is 15.1. The average Bonchev–Trinajstić information content (AvgIpc) is 2.75. The van der Waals surface area contributed by atoms with Gasteiger partial charge in [0.15, 0.2) is 5.54 Å². The molecule has 2 heterocycles. The second kappa shape index (κ2) is 1.42. The summed E-state index contributed by atoms with van der Waals surface area (Å²) in [4.78, 5) is 8.62. The lowest BCUT2D eigenvalue weighted by molar-refractivity contribution is 1.08. The Morgan fingerprint density at radius 2 is 2.09 bits per heavy atom. The fourth-order valence-corrected chi connectivity index (χ4v) is 1.52. The molecule has 52 valence electrons. The molecule has 0 N–H and O–H groups in total. The third-order valence-corrected chi connectivity index (χ3v) is 2.18. The predicted molar refractivity (Wildman–Crippen MR) is 45.0 cm³/mol. The third kappa shape index (κ3) is 0.485. The molecule has 0 aromatic carbocycles. The fraction of sp³-hybridized carbons (Fsp3) is 0.111. The molecule has 0 aromatic rings. The highest BCUT2D eigenvalue weighted by molar-refractivity contribution is 6.35. The van der Waals surface area contributed by atoms with Gasteiger partial charge in [-0.2, -0.15) is 0 Å². The maximum atomic E-state index is 4.37. The Kier molecular flexibility index (Phi) is 0.677.